The van der Waals surface area contributed by atoms with Gasteiger partial charge in [0.05, 0.1) is 0 Å². The van der Waals surface area contributed by atoms with Crippen LogP contribution in [0.2, 0.25) is 0 Å². The number of benzene rings is 1. The molecule has 0 aliphatic rings. The molecule has 2 rings (SSSR count). The third-order valence-corrected chi connectivity index (χ3v) is 3.83. The van der Waals surface area contributed by atoms with Gasteiger partial charge in [0.1, 0.15) is 0 Å². The SMILES string of the molecule is CC(C)C[C@H](N)Cc1csc2ccccc12. The van der Waals surface area contributed by atoms with Gasteiger partial charge >= 0.3 is 0 Å². The molecule has 0 saturated heterocycles. The molecule has 16 heavy (non-hydrogen) atoms. The molecule has 0 amide bonds. The predicted octanol–water partition coefficient (Wildman–Crippen LogP) is 3.82. The summed E-state index contributed by atoms with van der Waals surface area (Å²) in [5.74, 6) is 0.680. The molecule has 86 valence electrons. The molecule has 1 nitrogen and oxygen atoms in total. The molecule has 0 spiro atoms. The Hall–Kier alpha value is -0.860. The maximum atomic E-state index is 6.16. The molecule has 0 saturated carbocycles. The Bertz CT molecular complexity index is 458. The van der Waals surface area contributed by atoms with E-state index in [0.29, 0.717) is 5.92 Å². The predicted molar refractivity (Wildman–Crippen MR) is 73.0 cm³/mol. The van der Waals surface area contributed by atoms with Crippen LogP contribution in [-0.4, -0.2) is 6.04 Å². The highest BCUT2D eigenvalue weighted by Gasteiger charge is 2.10. The van der Waals surface area contributed by atoms with Gasteiger partial charge in [0.25, 0.3) is 0 Å². The number of fused-ring (bicyclic) bond motifs is 1. The first-order chi connectivity index (χ1) is 7.66. The van der Waals surface area contributed by atoms with Crippen LogP contribution in [-0.2, 0) is 6.42 Å². The molecule has 2 aromatic rings. The lowest BCUT2D eigenvalue weighted by molar-refractivity contribution is 0.494. The van der Waals surface area contributed by atoms with Crippen molar-refractivity contribution >= 4 is 21.4 Å². The van der Waals surface area contributed by atoms with E-state index < -0.39 is 0 Å². The summed E-state index contributed by atoms with van der Waals surface area (Å²) in [5.41, 5.74) is 7.57. The van der Waals surface area contributed by atoms with Crippen molar-refractivity contribution in [1.29, 1.82) is 0 Å². The van der Waals surface area contributed by atoms with Crippen molar-refractivity contribution < 1.29 is 0 Å². The molecule has 2 N–H and O–H groups in total. The van der Waals surface area contributed by atoms with Crippen molar-refractivity contribution in [2.45, 2.75) is 32.7 Å². The lowest BCUT2D eigenvalue weighted by Crippen LogP contribution is -2.24. The largest absolute Gasteiger partial charge is 0.327 e. The molecule has 1 heterocycles. The minimum absolute atomic E-state index is 0.290. The second kappa shape index (κ2) is 4.98. The van der Waals surface area contributed by atoms with Crippen LogP contribution < -0.4 is 5.73 Å². The molecule has 1 atom stereocenters. The minimum Gasteiger partial charge on any atom is -0.327 e. The van der Waals surface area contributed by atoms with E-state index in [1.165, 1.54) is 15.6 Å². The molecule has 1 aromatic heterocycles. The highest BCUT2D eigenvalue weighted by molar-refractivity contribution is 7.17. The van der Waals surface area contributed by atoms with Crippen molar-refractivity contribution in [1.82, 2.24) is 0 Å². The summed E-state index contributed by atoms with van der Waals surface area (Å²) < 4.78 is 1.37. The van der Waals surface area contributed by atoms with E-state index >= 15 is 0 Å². The average molecular weight is 233 g/mol. The van der Waals surface area contributed by atoms with Crippen molar-refractivity contribution in [3.63, 3.8) is 0 Å². The van der Waals surface area contributed by atoms with Crippen LogP contribution >= 0.6 is 11.3 Å². The first kappa shape index (κ1) is 11.6. The smallest absolute Gasteiger partial charge is 0.0345 e. The summed E-state index contributed by atoms with van der Waals surface area (Å²) in [6.45, 7) is 4.46. The van der Waals surface area contributed by atoms with Gasteiger partial charge in [-0.1, -0.05) is 32.0 Å². The highest BCUT2D eigenvalue weighted by Crippen LogP contribution is 2.26. The van der Waals surface area contributed by atoms with Crippen LogP contribution in [0, 0.1) is 5.92 Å². The summed E-state index contributed by atoms with van der Waals surface area (Å²) in [5, 5.41) is 3.64. The van der Waals surface area contributed by atoms with E-state index in [2.05, 4.69) is 43.5 Å². The molecule has 0 aliphatic carbocycles. The monoisotopic (exact) mass is 233 g/mol. The Morgan fingerprint density at radius 2 is 2.00 bits per heavy atom. The fraction of sp³-hybridized carbons (Fsp3) is 0.429. The van der Waals surface area contributed by atoms with Crippen molar-refractivity contribution in [3.8, 4) is 0 Å². The number of hydrogen-bond acceptors (Lipinski definition) is 2. The zero-order valence-electron chi connectivity index (χ0n) is 9.94. The standard InChI is InChI=1S/C14H19NS/c1-10(2)7-12(15)8-11-9-16-14-6-4-3-5-13(11)14/h3-6,9-10,12H,7-8,15H2,1-2H3/t12-/m0/s1. The molecular formula is C14H19NS. The average Bonchev–Trinajstić information content (AvgIpc) is 2.61. The minimum atomic E-state index is 0.290. The molecule has 0 aliphatic heterocycles. The zero-order chi connectivity index (χ0) is 11.5. The third-order valence-electron chi connectivity index (χ3n) is 2.82. The van der Waals surface area contributed by atoms with Gasteiger partial charge in [0, 0.05) is 10.7 Å². The molecule has 0 bridgehead atoms. The van der Waals surface area contributed by atoms with E-state index in [1.807, 2.05) is 11.3 Å². The molecule has 0 fully saturated rings. The van der Waals surface area contributed by atoms with E-state index in [4.69, 9.17) is 5.73 Å². The van der Waals surface area contributed by atoms with Gasteiger partial charge in [-0.25, -0.2) is 0 Å². The lowest BCUT2D eigenvalue weighted by atomic mass is 9.98. The lowest BCUT2D eigenvalue weighted by Gasteiger charge is -2.13. The zero-order valence-corrected chi connectivity index (χ0v) is 10.8. The van der Waals surface area contributed by atoms with Crippen LogP contribution in [0.15, 0.2) is 29.6 Å². The molecule has 2 heteroatoms. The topological polar surface area (TPSA) is 26.0 Å². The summed E-state index contributed by atoms with van der Waals surface area (Å²) in [7, 11) is 0. The first-order valence-corrected chi connectivity index (χ1v) is 6.75. The number of nitrogens with two attached hydrogens (primary N) is 1. The normalized spacial score (nSPS) is 13.5. The van der Waals surface area contributed by atoms with E-state index in [9.17, 15) is 0 Å². The van der Waals surface area contributed by atoms with Crippen LogP contribution in [0.25, 0.3) is 10.1 Å². The first-order valence-electron chi connectivity index (χ1n) is 5.87. The molecule has 0 radical (unpaired) electrons. The van der Waals surface area contributed by atoms with Crippen LogP contribution in [0.5, 0.6) is 0 Å². The number of hydrogen-bond donors (Lipinski definition) is 1. The van der Waals surface area contributed by atoms with Gasteiger partial charge in [0.15, 0.2) is 0 Å². The second-order valence-corrected chi connectivity index (χ2v) is 5.76. The quantitative estimate of drug-likeness (QED) is 0.853. The van der Waals surface area contributed by atoms with Gasteiger partial charge in [-0.15, -0.1) is 11.3 Å². The van der Waals surface area contributed by atoms with Gasteiger partial charge < -0.3 is 5.73 Å². The Morgan fingerprint density at radius 3 is 2.75 bits per heavy atom. The van der Waals surface area contributed by atoms with E-state index in [0.717, 1.165) is 12.8 Å². The second-order valence-electron chi connectivity index (χ2n) is 4.85. The van der Waals surface area contributed by atoms with Gasteiger partial charge in [0.2, 0.25) is 0 Å². The molecular weight excluding hydrogens is 214 g/mol. The van der Waals surface area contributed by atoms with Gasteiger partial charge in [-0.3, -0.25) is 0 Å². The summed E-state index contributed by atoms with van der Waals surface area (Å²) in [4.78, 5) is 0. The van der Waals surface area contributed by atoms with Gasteiger partial charge in [-0.05, 0) is 41.2 Å². The summed E-state index contributed by atoms with van der Waals surface area (Å²) in [6.07, 6.45) is 2.10. The van der Waals surface area contributed by atoms with Crippen molar-refractivity contribution in [2.75, 3.05) is 0 Å². The van der Waals surface area contributed by atoms with Gasteiger partial charge in [-0.2, -0.15) is 0 Å². The number of thiophene rings is 1. The Morgan fingerprint density at radius 1 is 1.25 bits per heavy atom. The highest BCUT2D eigenvalue weighted by atomic mass is 32.1. The Balaban J connectivity index is 2.15. The third kappa shape index (κ3) is 2.63. The Kier molecular flexibility index (Phi) is 3.62. The van der Waals surface area contributed by atoms with Crippen LogP contribution in [0.3, 0.4) is 0 Å². The molecule has 1 aromatic carbocycles. The van der Waals surface area contributed by atoms with Crippen LogP contribution in [0.1, 0.15) is 25.8 Å². The van der Waals surface area contributed by atoms with Crippen LogP contribution in [0.4, 0.5) is 0 Å². The van der Waals surface area contributed by atoms with Crippen molar-refractivity contribution in [3.05, 3.63) is 35.2 Å². The maximum absolute atomic E-state index is 6.16. The Labute approximate surface area is 101 Å². The van der Waals surface area contributed by atoms with Crippen molar-refractivity contribution in [2.24, 2.45) is 11.7 Å². The van der Waals surface area contributed by atoms with E-state index in [1.54, 1.807) is 0 Å². The number of rotatable bonds is 4. The summed E-state index contributed by atoms with van der Waals surface area (Å²) >= 11 is 1.82. The maximum Gasteiger partial charge on any atom is 0.0345 e. The fourth-order valence-electron chi connectivity index (χ4n) is 2.16. The van der Waals surface area contributed by atoms with E-state index in [-0.39, 0.29) is 6.04 Å². The summed E-state index contributed by atoms with van der Waals surface area (Å²) in [6, 6.07) is 8.86. The molecule has 0 unspecified atom stereocenters. The fourth-order valence-corrected chi connectivity index (χ4v) is 3.14.